The Bertz CT molecular complexity index is 633. The number of likely N-dealkylation sites (tertiary alicyclic amines) is 1. The van der Waals surface area contributed by atoms with Crippen molar-refractivity contribution in [2.45, 2.75) is 51.6 Å². The average Bonchev–Trinajstić information content (AvgIpc) is 2.88. The van der Waals surface area contributed by atoms with Gasteiger partial charge >= 0.3 is 0 Å². The van der Waals surface area contributed by atoms with Crippen molar-refractivity contribution in [1.82, 2.24) is 14.7 Å². The first-order valence-corrected chi connectivity index (χ1v) is 8.63. The molecule has 1 aromatic heterocycles. The summed E-state index contributed by atoms with van der Waals surface area (Å²) < 4.78 is 1.96. The van der Waals surface area contributed by atoms with E-state index in [-0.39, 0.29) is 0 Å². The van der Waals surface area contributed by atoms with Crippen LogP contribution in [-0.2, 0) is 20.0 Å². The quantitative estimate of drug-likeness (QED) is 0.919. The summed E-state index contributed by atoms with van der Waals surface area (Å²) in [5, 5.41) is 13.8. The van der Waals surface area contributed by atoms with E-state index >= 15 is 0 Å². The van der Waals surface area contributed by atoms with E-state index in [4.69, 9.17) is 0 Å². The van der Waals surface area contributed by atoms with Gasteiger partial charge in [-0.3, -0.25) is 9.58 Å². The van der Waals surface area contributed by atoms with Crippen LogP contribution < -0.4 is 0 Å². The summed E-state index contributed by atoms with van der Waals surface area (Å²) >= 11 is 0. The molecule has 124 valence electrons. The van der Waals surface area contributed by atoms with Crippen LogP contribution in [-0.4, -0.2) is 32.4 Å². The topological polar surface area (TPSA) is 41.3 Å². The van der Waals surface area contributed by atoms with Crippen LogP contribution in [0.4, 0.5) is 0 Å². The minimum atomic E-state index is 0.347. The number of aromatic hydroxyl groups is 1. The van der Waals surface area contributed by atoms with Crippen molar-refractivity contribution in [3.63, 3.8) is 0 Å². The summed E-state index contributed by atoms with van der Waals surface area (Å²) in [5.74, 6) is 0.347. The Morgan fingerprint density at radius 3 is 2.70 bits per heavy atom. The first kappa shape index (κ1) is 16.1. The van der Waals surface area contributed by atoms with Gasteiger partial charge in [0.1, 0.15) is 5.75 Å². The maximum absolute atomic E-state index is 9.39. The molecule has 4 nitrogen and oxygen atoms in total. The van der Waals surface area contributed by atoms with Crippen LogP contribution >= 0.6 is 0 Å². The Hall–Kier alpha value is -1.81. The molecule has 23 heavy (non-hydrogen) atoms. The summed E-state index contributed by atoms with van der Waals surface area (Å²) in [7, 11) is 2.01. The molecular formula is C19H27N3O. The zero-order valence-corrected chi connectivity index (χ0v) is 14.2. The smallest absolute Gasteiger partial charge is 0.115 e. The van der Waals surface area contributed by atoms with Crippen LogP contribution in [0.3, 0.4) is 0 Å². The molecule has 0 saturated carbocycles. The fraction of sp³-hybridized carbons (Fsp3) is 0.526. The third-order valence-electron chi connectivity index (χ3n) is 5.16. The van der Waals surface area contributed by atoms with E-state index in [1.807, 2.05) is 30.1 Å². The standard InChI is InChI=1S/C19H27N3O/c1-15-17(13-20-21(15)2)14-22-12-4-3-5-18(22)9-6-16-7-10-19(23)11-8-16/h7-8,10-11,13,18,23H,3-6,9,12,14H2,1-2H3/t18-/m0/s1. The molecule has 3 rings (SSSR count). The van der Waals surface area contributed by atoms with Gasteiger partial charge in [-0.05, 0) is 56.8 Å². The van der Waals surface area contributed by atoms with Crippen molar-refractivity contribution in [3.05, 3.63) is 47.3 Å². The highest BCUT2D eigenvalue weighted by Crippen LogP contribution is 2.24. The van der Waals surface area contributed by atoms with Crippen molar-refractivity contribution in [2.24, 2.45) is 7.05 Å². The molecule has 4 heteroatoms. The van der Waals surface area contributed by atoms with Crippen molar-refractivity contribution < 1.29 is 5.11 Å². The molecule has 1 aliphatic rings. The first-order valence-electron chi connectivity index (χ1n) is 8.63. The van der Waals surface area contributed by atoms with Gasteiger partial charge in [0.25, 0.3) is 0 Å². The number of phenolic OH excluding ortho intramolecular Hbond substituents is 1. The number of hydrogen-bond acceptors (Lipinski definition) is 3. The van der Waals surface area contributed by atoms with E-state index in [2.05, 4.69) is 16.9 Å². The van der Waals surface area contributed by atoms with Gasteiger partial charge in [0.2, 0.25) is 0 Å². The van der Waals surface area contributed by atoms with E-state index in [1.165, 1.54) is 49.0 Å². The zero-order valence-electron chi connectivity index (χ0n) is 14.2. The zero-order chi connectivity index (χ0) is 16.2. The van der Waals surface area contributed by atoms with Crippen LogP contribution in [0.5, 0.6) is 5.75 Å². The van der Waals surface area contributed by atoms with E-state index in [1.54, 1.807) is 12.1 Å². The minimum Gasteiger partial charge on any atom is -0.508 e. The molecule has 0 unspecified atom stereocenters. The largest absolute Gasteiger partial charge is 0.508 e. The van der Waals surface area contributed by atoms with Gasteiger partial charge in [-0.25, -0.2) is 0 Å². The summed E-state index contributed by atoms with van der Waals surface area (Å²) in [4.78, 5) is 2.63. The van der Waals surface area contributed by atoms with Crippen LogP contribution in [0.2, 0.25) is 0 Å². The van der Waals surface area contributed by atoms with Gasteiger partial charge < -0.3 is 5.11 Å². The Labute approximate surface area is 138 Å². The number of nitrogens with zero attached hydrogens (tertiary/aromatic N) is 3. The lowest BCUT2D eigenvalue weighted by Gasteiger charge is -2.35. The molecule has 1 aliphatic heterocycles. The fourth-order valence-electron chi connectivity index (χ4n) is 3.51. The monoisotopic (exact) mass is 313 g/mol. The van der Waals surface area contributed by atoms with Crippen LogP contribution in [0.1, 0.15) is 42.5 Å². The molecule has 1 fully saturated rings. The van der Waals surface area contributed by atoms with Gasteiger partial charge in [0.15, 0.2) is 0 Å². The van der Waals surface area contributed by atoms with E-state index < -0.39 is 0 Å². The Morgan fingerprint density at radius 2 is 2.00 bits per heavy atom. The summed E-state index contributed by atoms with van der Waals surface area (Å²) in [6.45, 7) is 4.35. The lowest BCUT2D eigenvalue weighted by Crippen LogP contribution is -2.39. The third-order valence-corrected chi connectivity index (χ3v) is 5.16. The maximum Gasteiger partial charge on any atom is 0.115 e. The van der Waals surface area contributed by atoms with Crippen molar-refractivity contribution in [2.75, 3.05) is 6.54 Å². The van der Waals surface area contributed by atoms with Crippen molar-refractivity contribution in [1.29, 1.82) is 0 Å². The Balaban J connectivity index is 1.62. The average molecular weight is 313 g/mol. The molecule has 1 saturated heterocycles. The Morgan fingerprint density at radius 1 is 1.22 bits per heavy atom. The highest BCUT2D eigenvalue weighted by Gasteiger charge is 2.23. The minimum absolute atomic E-state index is 0.347. The molecule has 2 aromatic rings. The normalized spacial score (nSPS) is 19.1. The van der Waals surface area contributed by atoms with E-state index in [0.29, 0.717) is 11.8 Å². The van der Waals surface area contributed by atoms with Crippen LogP contribution in [0.15, 0.2) is 30.5 Å². The van der Waals surface area contributed by atoms with Crippen LogP contribution in [0.25, 0.3) is 0 Å². The molecule has 0 amide bonds. The SMILES string of the molecule is Cc1c(CN2CCCC[C@H]2CCc2ccc(O)cc2)cnn1C. The highest BCUT2D eigenvalue weighted by atomic mass is 16.3. The van der Waals surface area contributed by atoms with E-state index in [9.17, 15) is 5.11 Å². The lowest BCUT2D eigenvalue weighted by atomic mass is 9.95. The number of benzene rings is 1. The molecular weight excluding hydrogens is 286 g/mol. The number of rotatable bonds is 5. The molecule has 1 aromatic carbocycles. The van der Waals surface area contributed by atoms with Gasteiger partial charge in [0.05, 0.1) is 6.20 Å². The number of aryl methyl sites for hydroxylation is 2. The molecule has 0 aliphatic carbocycles. The van der Waals surface area contributed by atoms with Gasteiger partial charge in [-0.1, -0.05) is 18.6 Å². The maximum atomic E-state index is 9.39. The molecule has 0 spiro atoms. The summed E-state index contributed by atoms with van der Waals surface area (Å²) in [6, 6.07) is 8.29. The van der Waals surface area contributed by atoms with Gasteiger partial charge in [-0.2, -0.15) is 5.10 Å². The summed E-state index contributed by atoms with van der Waals surface area (Å²) in [6.07, 6.45) is 8.20. The fourth-order valence-corrected chi connectivity index (χ4v) is 3.51. The van der Waals surface area contributed by atoms with Gasteiger partial charge in [0, 0.05) is 30.9 Å². The molecule has 1 N–H and O–H groups in total. The summed E-state index contributed by atoms with van der Waals surface area (Å²) in [5.41, 5.74) is 3.93. The first-order chi connectivity index (χ1) is 11.1. The molecule has 2 heterocycles. The second-order valence-corrected chi connectivity index (χ2v) is 6.70. The predicted octanol–water partition coefficient (Wildman–Crippen LogP) is 3.42. The number of phenols is 1. The second-order valence-electron chi connectivity index (χ2n) is 6.70. The highest BCUT2D eigenvalue weighted by molar-refractivity contribution is 5.26. The van der Waals surface area contributed by atoms with Crippen molar-refractivity contribution >= 4 is 0 Å². The molecule has 0 bridgehead atoms. The van der Waals surface area contributed by atoms with Crippen LogP contribution in [0, 0.1) is 6.92 Å². The van der Waals surface area contributed by atoms with Gasteiger partial charge in [-0.15, -0.1) is 0 Å². The van der Waals surface area contributed by atoms with Crippen molar-refractivity contribution in [3.8, 4) is 5.75 Å². The van der Waals surface area contributed by atoms with E-state index in [0.717, 1.165) is 13.0 Å². The predicted molar refractivity (Wildman–Crippen MR) is 92.4 cm³/mol. The number of aromatic nitrogens is 2. The molecule has 1 atom stereocenters. The second kappa shape index (κ2) is 7.18. The Kier molecular flexibility index (Phi) is 5.01. The third kappa shape index (κ3) is 3.94. The number of hydrogen-bond donors (Lipinski definition) is 1. The number of piperidine rings is 1. The molecule has 0 radical (unpaired) electrons. The lowest BCUT2D eigenvalue weighted by molar-refractivity contribution is 0.132.